The van der Waals surface area contributed by atoms with Crippen molar-refractivity contribution in [2.45, 2.75) is 12.7 Å². The minimum atomic E-state index is -1.54. The highest BCUT2D eigenvalue weighted by Crippen LogP contribution is 2.34. The van der Waals surface area contributed by atoms with Gasteiger partial charge in [0, 0.05) is 0 Å². The number of hydrogen-bond acceptors (Lipinski definition) is 6. The van der Waals surface area contributed by atoms with Gasteiger partial charge in [0.15, 0.2) is 12.0 Å². The molecule has 6 nitrogen and oxygen atoms in total. The fourth-order valence-corrected chi connectivity index (χ4v) is 2.34. The highest BCUT2D eigenvalue weighted by atomic mass is 35.5. The van der Waals surface area contributed by atoms with E-state index in [0.717, 1.165) is 12.7 Å². The summed E-state index contributed by atoms with van der Waals surface area (Å²) in [5, 5.41) is -0.606. The summed E-state index contributed by atoms with van der Waals surface area (Å²) in [6, 6.07) is 8.87. The molecule has 1 aliphatic rings. The number of rotatable bonds is 5. The van der Waals surface area contributed by atoms with Gasteiger partial charge in [-0.3, -0.25) is 9.59 Å². The molecule has 2 rings (SSSR count). The first-order valence-corrected chi connectivity index (χ1v) is 7.25. The molecule has 0 spiro atoms. The molecule has 1 aliphatic heterocycles. The molecule has 0 radical (unpaired) electrons. The van der Waals surface area contributed by atoms with Crippen molar-refractivity contribution in [3.8, 4) is 0 Å². The van der Waals surface area contributed by atoms with Crippen LogP contribution in [-0.2, 0) is 35.2 Å². The van der Waals surface area contributed by atoms with Gasteiger partial charge in [-0.1, -0.05) is 53.5 Å². The zero-order valence-electron chi connectivity index (χ0n) is 12.0. The van der Waals surface area contributed by atoms with E-state index in [1.54, 1.807) is 24.3 Å². The first-order valence-electron chi connectivity index (χ1n) is 6.50. The van der Waals surface area contributed by atoms with E-state index in [4.69, 9.17) is 32.7 Å². The molecule has 1 aromatic rings. The second-order valence-electron chi connectivity index (χ2n) is 4.58. The fraction of sp³-hybridized carbons (Fsp3) is 0.267. The van der Waals surface area contributed by atoms with Crippen LogP contribution in [0.4, 0.5) is 0 Å². The minimum Gasteiger partial charge on any atom is -0.468 e. The number of benzene rings is 1. The predicted octanol–water partition coefficient (Wildman–Crippen LogP) is 2.13. The van der Waals surface area contributed by atoms with E-state index in [9.17, 15) is 14.4 Å². The average Bonchev–Trinajstić information content (AvgIpc) is 2.81. The molecule has 0 N–H and O–H groups in total. The summed E-state index contributed by atoms with van der Waals surface area (Å²) in [6.07, 6.45) is -1.35. The Bertz CT molecular complexity index is 655. The van der Waals surface area contributed by atoms with E-state index < -0.39 is 29.9 Å². The molecule has 122 valence electrons. The van der Waals surface area contributed by atoms with Crippen LogP contribution in [0.3, 0.4) is 0 Å². The lowest BCUT2D eigenvalue weighted by molar-refractivity contribution is -0.168. The summed E-state index contributed by atoms with van der Waals surface area (Å²) >= 11 is 11.5. The zero-order chi connectivity index (χ0) is 17.0. The number of carbonyl (C=O) groups excluding carboxylic acids is 3. The van der Waals surface area contributed by atoms with Crippen LogP contribution in [0.25, 0.3) is 0 Å². The quantitative estimate of drug-likeness (QED) is 0.455. The average molecular weight is 359 g/mol. The summed E-state index contributed by atoms with van der Waals surface area (Å²) in [4.78, 5) is 35.5. The molecule has 1 heterocycles. The standard InChI is InChI=1S/C15H12Cl2O6/c1-21-13(18)9(12-10(16)11(17)15(20)23-12)14(19)22-7-8-5-3-2-4-6-8/h2-6,9,12H,7H2,1H3. The molecule has 0 fully saturated rings. The maximum Gasteiger partial charge on any atom is 0.351 e. The van der Waals surface area contributed by atoms with Crippen molar-refractivity contribution in [3.63, 3.8) is 0 Å². The highest BCUT2D eigenvalue weighted by molar-refractivity contribution is 6.48. The number of cyclic esters (lactones) is 1. The predicted molar refractivity (Wildman–Crippen MR) is 80.4 cm³/mol. The number of halogens is 2. The number of ether oxygens (including phenoxy) is 3. The van der Waals surface area contributed by atoms with Gasteiger partial charge in [-0.15, -0.1) is 0 Å². The van der Waals surface area contributed by atoms with Crippen molar-refractivity contribution in [3.05, 3.63) is 46.0 Å². The summed E-state index contributed by atoms with van der Waals surface area (Å²) in [7, 11) is 1.09. The molecular formula is C15H12Cl2O6. The second-order valence-corrected chi connectivity index (χ2v) is 5.37. The Kier molecular flexibility index (Phi) is 5.63. The van der Waals surface area contributed by atoms with Crippen molar-refractivity contribution in [2.75, 3.05) is 7.11 Å². The van der Waals surface area contributed by atoms with Crippen molar-refractivity contribution in [1.29, 1.82) is 0 Å². The van der Waals surface area contributed by atoms with Gasteiger partial charge in [-0.05, 0) is 5.56 Å². The van der Waals surface area contributed by atoms with E-state index in [-0.39, 0.29) is 16.7 Å². The molecule has 2 unspecified atom stereocenters. The first-order chi connectivity index (χ1) is 11.0. The van der Waals surface area contributed by atoms with Gasteiger partial charge in [-0.2, -0.15) is 0 Å². The summed E-state index contributed by atoms with van der Waals surface area (Å²) in [5.41, 5.74) is 0.729. The molecule has 0 bridgehead atoms. The van der Waals surface area contributed by atoms with Crippen molar-refractivity contribution < 1.29 is 28.6 Å². The lowest BCUT2D eigenvalue weighted by atomic mass is 10.0. The number of hydrogen-bond donors (Lipinski definition) is 0. The third kappa shape index (κ3) is 3.83. The van der Waals surface area contributed by atoms with Crippen LogP contribution in [0.2, 0.25) is 0 Å². The van der Waals surface area contributed by atoms with E-state index in [1.165, 1.54) is 0 Å². The fourth-order valence-electron chi connectivity index (χ4n) is 1.94. The molecule has 8 heteroatoms. The van der Waals surface area contributed by atoms with Crippen LogP contribution in [0, 0.1) is 5.92 Å². The van der Waals surface area contributed by atoms with Gasteiger partial charge in [0.05, 0.1) is 12.1 Å². The van der Waals surface area contributed by atoms with Crippen LogP contribution in [-0.4, -0.2) is 31.1 Å². The summed E-state index contributed by atoms with van der Waals surface area (Å²) in [5.74, 6) is -4.32. The Morgan fingerprint density at radius 2 is 1.87 bits per heavy atom. The maximum atomic E-state index is 12.2. The largest absolute Gasteiger partial charge is 0.468 e. The van der Waals surface area contributed by atoms with Crippen LogP contribution < -0.4 is 0 Å². The topological polar surface area (TPSA) is 78.9 Å². The maximum absolute atomic E-state index is 12.2. The molecule has 0 aliphatic carbocycles. The van der Waals surface area contributed by atoms with E-state index >= 15 is 0 Å². The van der Waals surface area contributed by atoms with Crippen LogP contribution in [0.5, 0.6) is 0 Å². The lowest BCUT2D eigenvalue weighted by Gasteiger charge is -2.19. The van der Waals surface area contributed by atoms with Crippen LogP contribution in [0.15, 0.2) is 40.4 Å². The molecule has 0 aromatic heterocycles. The lowest BCUT2D eigenvalue weighted by Crippen LogP contribution is -2.38. The third-order valence-electron chi connectivity index (χ3n) is 3.11. The molecule has 0 amide bonds. The van der Waals surface area contributed by atoms with E-state index in [2.05, 4.69) is 4.74 Å². The summed E-state index contributed by atoms with van der Waals surface area (Å²) < 4.78 is 14.5. The molecule has 0 saturated carbocycles. The van der Waals surface area contributed by atoms with Crippen molar-refractivity contribution >= 4 is 41.1 Å². The van der Waals surface area contributed by atoms with Gasteiger partial charge < -0.3 is 14.2 Å². The van der Waals surface area contributed by atoms with Gasteiger partial charge in [0.25, 0.3) is 0 Å². The van der Waals surface area contributed by atoms with Crippen LogP contribution >= 0.6 is 23.2 Å². The molecule has 0 saturated heterocycles. The second kappa shape index (κ2) is 7.48. The van der Waals surface area contributed by atoms with Gasteiger partial charge in [0.2, 0.25) is 0 Å². The Balaban J connectivity index is 2.14. The Morgan fingerprint density at radius 1 is 1.22 bits per heavy atom. The Morgan fingerprint density at radius 3 is 2.39 bits per heavy atom. The normalized spacial score (nSPS) is 18.4. The first kappa shape index (κ1) is 17.3. The zero-order valence-corrected chi connectivity index (χ0v) is 13.5. The van der Waals surface area contributed by atoms with E-state index in [1.807, 2.05) is 6.07 Å². The minimum absolute atomic E-state index is 0.0527. The molecule has 2 atom stereocenters. The Hall–Kier alpha value is -2.05. The van der Waals surface area contributed by atoms with Crippen LogP contribution in [0.1, 0.15) is 5.56 Å². The summed E-state index contributed by atoms with van der Waals surface area (Å²) in [6.45, 7) is -0.0527. The number of esters is 3. The monoisotopic (exact) mass is 358 g/mol. The SMILES string of the molecule is COC(=O)C(C(=O)OCc1ccccc1)C1OC(=O)C(Cl)=C1Cl. The highest BCUT2D eigenvalue weighted by Gasteiger charge is 2.47. The van der Waals surface area contributed by atoms with E-state index in [0.29, 0.717) is 0 Å². The number of carbonyl (C=O) groups is 3. The number of methoxy groups -OCH3 is 1. The molecule has 23 heavy (non-hydrogen) atoms. The van der Waals surface area contributed by atoms with Crippen molar-refractivity contribution in [1.82, 2.24) is 0 Å². The smallest absolute Gasteiger partial charge is 0.351 e. The Labute approximate surface area is 141 Å². The molecule has 1 aromatic carbocycles. The van der Waals surface area contributed by atoms with Gasteiger partial charge in [0.1, 0.15) is 11.6 Å². The van der Waals surface area contributed by atoms with Gasteiger partial charge >= 0.3 is 17.9 Å². The molecular weight excluding hydrogens is 347 g/mol. The van der Waals surface area contributed by atoms with Crippen molar-refractivity contribution in [2.24, 2.45) is 5.92 Å². The van der Waals surface area contributed by atoms with Gasteiger partial charge in [-0.25, -0.2) is 4.79 Å². The third-order valence-corrected chi connectivity index (χ3v) is 3.97.